The van der Waals surface area contributed by atoms with Gasteiger partial charge in [0.05, 0.1) is 12.7 Å². The Morgan fingerprint density at radius 1 is 1.79 bits per heavy atom. The van der Waals surface area contributed by atoms with Crippen molar-refractivity contribution in [1.82, 2.24) is 9.55 Å². The molecule has 0 aliphatic rings. The number of hydrogen-bond acceptors (Lipinski definition) is 5. The minimum Gasteiger partial charge on any atom is -0.394 e. The summed E-state index contributed by atoms with van der Waals surface area (Å²) in [5.41, 5.74) is 4.84. The molecule has 1 rings (SSSR count). The number of aliphatic hydroxyl groups is 1. The van der Waals surface area contributed by atoms with Crippen LogP contribution in [0, 0.1) is 0 Å². The van der Waals surface area contributed by atoms with Crippen molar-refractivity contribution in [3.63, 3.8) is 0 Å². The molecular formula is C8H13N3O3. The normalized spacial score (nSPS) is 12.7. The summed E-state index contributed by atoms with van der Waals surface area (Å²) in [6, 6.07) is 1.51. The lowest BCUT2D eigenvalue weighted by Gasteiger charge is -2.10. The van der Waals surface area contributed by atoms with Crippen molar-refractivity contribution >= 4 is 5.82 Å². The van der Waals surface area contributed by atoms with Crippen LogP contribution in [-0.4, -0.2) is 27.4 Å². The van der Waals surface area contributed by atoms with Crippen LogP contribution in [0.2, 0.25) is 0 Å². The summed E-state index contributed by atoms with van der Waals surface area (Å²) < 4.78 is 6.40. The highest BCUT2D eigenvalue weighted by Gasteiger charge is 2.01. The second-order valence-electron chi connectivity index (χ2n) is 2.89. The van der Waals surface area contributed by atoms with E-state index in [1.807, 2.05) is 0 Å². The number of hydrogen-bond donors (Lipinski definition) is 2. The first-order valence-corrected chi connectivity index (χ1v) is 4.19. The van der Waals surface area contributed by atoms with Crippen LogP contribution in [0.1, 0.15) is 6.92 Å². The highest BCUT2D eigenvalue weighted by Crippen LogP contribution is 1.93. The third kappa shape index (κ3) is 2.82. The Morgan fingerprint density at radius 2 is 2.50 bits per heavy atom. The molecule has 78 valence electrons. The lowest BCUT2D eigenvalue weighted by Crippen LogP contribution is -2.26. The van der Waals surface area contributed by atoms with Crippen molar-refractivity contribution in [1.29, 1.82) is 0 Å². The Balaban J connectivity index is 2.64. The number of rotatable bonds is 4. The molecule has 3 N–H and O–H groups in total. The van der Waals surface area contributed by atoms with Crippen molar-refractivity contribution in [2.24, 2.45) is 0 Å². The summed E-state index contributed by atoms with van der Waals surface area (Å²) in [6.07, 6.45) is 1.19. The topological polar surface area (TPSA) is 90.4 Å². The molecule has 1 unspecified atom stereocenters. The Morgan fingerprint density at radius 3 is 3.07 bits per heavy atom. The Hall–Kier alpha value is -1.40. The first-order chi connectivity index (χ1) is 6.63. The predicted octanol–water partition coefficient (Wildman–Crippen LogP) is -0.820. The summed E-state index contributed by atoms with van der Waals surface area (Å²) in [7, 11) is 0. The van der Waals surface area contributed by atoms with Crippen LogP contribution in [0.5, 0.6) is 0 Å². The lowest BCUT2D eigenvalue weighted by atomic mass is 10.4. The SMILES string of the molecule is CC(CO)OCn1ccc(N)nc1=O. The number of ether oxygens (including phenoxy) is 1. The van der Waals surface area contributed by atoms with Gasteiger partial charge in [-0.3, -0.25) is 4.57 Å². The van der Waals surface area contributed by atoms with E-state index in [9.17, 15) is 4.79 Å². The van der Waals surface area contributed by atoms with Gasteiger partial charge in [0.15, 0.2) is 0 Å². The van der Waals surface area contributed by atoms with E-state index in [1.165, 1.54) is 16.8 Å². The number of aromatic nitrogens is 2. The molecule has 0 fully saturated rings. The zero-order valence-electron chi connectivity index (χ0n) is 7.88. The molecule has 0 radical (unpaired) electrons. The third-order valence-corrected chi connectivity index (χ3v) is 1.65. The summed E-state index contributed by atoms with van der Waals surface area (Å²) in [6.45, 7) is 1.68. The molecule has 1 atom stereocenters. The smallest absolute Gasteiger partial charge is 0.351 e. The van der Waals surface area contributed by atoms with E-state index in [4.69, 9.17) is 15.6 Å². The molecule has 1 aromatic heterocycles. The van der Waals surface area contributed by atoms with E-state index >= 15 is 0 Å². The molecule has 0 saturated heterocycles. The van der Waals surface area contributed by atoms with E-state index in [1.54, 1.807) is 6.92 Å². The van der Waals surface area contributed by atoms with Crippen LogP contribution in [0.3, 0.4) is 0 Å². The van der Waals surface area contributed by atoms with Crippen molar-refractivity contribution in [3.8, 4) is 0 Å². The molecule has 14 heavy (non-hydrogen) atoms. The molecular weight excluding hydrogens is 186 g/mol. The fourth-order valence-electron chi connectivity index (χ4n) is 0.801. The summed E-state index contributed by atoms with van der Waals surface area (Å²) in [5.74, 6) is 0.182. The van der Waals surface area contributed by atoms with Crippen LogP contribution in [0.4, 0.5) is 5.82 Å². The van der Waals surface area contributed by atoms with Gasteiger partial charge in [0.1, 0.15) is 12.5 Å². The maximum absolute atomic E-state index is 11.2. The van der Waals surface area contributed by atoms with Crippen molar-refractivity contribution < 1.29 is 9.84 Å². The van der Waals surface area contributed by atoms with Gasteiger partial charge in [0, 0.05) is 6.20 Å². The summed E-state index contributed by atoms with van der Waals surface area (Å²) in [5, 5.41) is 8.68. The van der Waals surface area contributed by atoms with Gasteiger partial charge in [0.25, 0.3) is 0 Å². The molecule has 1 aromatic rings. The van der Waals surface area contributed by atoms with Crippen molar-refractivity contribution in [3.05, 3.63) is 22.7 Å². The summed E-state index contributed by atoms with van der Waals surface area (Å²) in [4.78, 5) is 14.7. The molecule has 0 aliphatic heterocycles. The van der Waals surface area contributed by atoms with E-state index < -0.39 is 5.69 Å². The molecule has 0 amide bonds. The first-order valence-electron chi connectivity index (χ1n) is 4.19. The number of nitrogens with two attached hydrogens (primary N) is 1. The van der Waals surface area contributed by atoms with Crippen LogP contribution in [0.25, 0.3) is 0 Å². The van der Waals surface area contributed by atoms with Crippen molar-refractivity contribution in [2.75, 3.05) is 12.3 Å². The maximum Gasteiger partial charge on any atom is 0.351 e. The van der Waals surface area contributed by atoms with Gasteiger partial charge in [-0.05, 0) is 13.0 Å². The fourth-order valence-corrected chi connectivity index (χ4v) is 0.801. The predicted molar refractivity (Wildman–Crippen MR) is 50.5 cm³/mol. The first kappa shape index (κ1) is 10.7. The second kappa shape index (κ2) is 4.73. The Labute approximate surface area is 80.9 Å². The summed E-state index contributed by atoms with van der Waals surface area (Å²) >= 11 is 0. The largest absolute Gasteiger partial charge is 0.394 e. The zero-order chi connectivity index (χ0) is 10.6. The van der Waals surface area contributed by atoms with Gasteiger partial charge >= 0.3 is 5.69 Å². The quantitative estimate of drug-likeness (QED) is 0.661. The third-order valence-electron chi connectivity index (χ3n) is 1.65. The number of nitrogens with zero attached hydrogens (tertiary/aromatic N) is 2. The highest BCUT2D eigenvalue weighted by molar-refractivity contribution is 5.23. The van der Waals surface area contributed by atoms with Gasteiger partial charge in [-0.25, -0.2) is 4.79 Å². The molecule has 0 aliphatic carbocycles. The molecule has 1 heterocycles. The van der Waals surface area contributed by atoms with Crippen molar-refractivity contribution in [2.45, 2.75) is 19.8 Å². The van der Waals surface area contributed by atoms with E-state index in [0.29, 0.717) is 0 Å². The maximum atomic E-state index is 11.2. The molecule has 0 bridgehead atoms. The average molecular weight is 199 g/mol. The number of nitrogen functional groups attached to an aromatic ring is 1. The highest BCUT2D eigenvalue weighted by atomic mass is 16.5. The Bertz CT molecular complexity index is 350. The second-order valence-corrected chi connectivity index (χ2v) is 2.89. The van der Waals surface area contributed by atoms with Gasteiger partial charge in [-0.1, -0.05) is 0 Å². The number of aliphatic hydroxyl groups excluding tert-OH is 1. The van der Waals surface area contributed by atoms with Crippen LogP contribution >= 0.6 is 0 Å². The minimum atomic E-state index is -0.463. The fraction of sp³-hybridized carbons (Fsp3) is 0.500. The van der Waals surface area contributed by atoms with Gasteiger partial charge in [-0.2, -0.15) is 4.98 Å². The van der Waals surface area contributed by atoms with Crippen LogP contribution < -0.4 is 11.4 Å². The van der Waals surface area contributed by atoms with Gasteiger partial charge in [0.2, 0.25) is 0 Å². The van der Waals surface area contributed by atoms with E-state index in [-0.39, 0.29) is 25.3 Å². The zero-order valence-corrected chi connectivity index (χ0v) is 7.88. The Kier molecular flexibility index (Phi) is 3.61. The van der Waals surface area contributed by atoms with Crippen LogP contribution in [0.15, 0.2) is 17.1 Å². The van der Waals surface area contributed by atoms with Gasteiger partial charge in [-0.15, -0.1) is 0 Å². The standard InChI is InChI=1S/C8H13N3O3/c1-6(4-12)14-5-11-3-2-7(9)10-8(11)13/h2-3,6,12H,4-5H2,1H3,(H2,9,10,13). The number of anilines is 1. The molecule has 6 heteroatoms. The molecule has 0 aromatic carbocycles. The van der Waals surface area contributed by atoms with Crippen LogP contribution in [-0.2, 0) is 11.5 Å². The monoisotopic (exact) mass is 199 g/mol. The minimum absolute atomic E-state index is 0.0633. The van der Waals surface area contributed by atoms with E-state index in [0.717, 1.165) is 0 Å². The van der Waals surface area contributed by atoms with Gasteiger partial charge < -0.3 is 15.6 Å². The molecule has 0 saturated carbocycles. The van der Waals surface area contributed by atoms with E-state index in [2.05, 4.69) is 4.98 Å². The molecule has 6 nitrogen and oxygen atoms in total. The lowest BCUT2D eigenvalue weighted by molar-refractivity contribution is -0.0146. The molecule has 0 spiro atoms. The average Bonchev–Trinajstić information content (AvgIpc) is 2.16.